The SMILES string of the molecule is CCCCC(C)(C)[C@H](O)/C=C/[C@@H]1[C@@H](CCCCCCC(=O)OC)[C@H](Cl)C[C@H]1OC1CCCCO1. The number of methoxy groups -OCH3 is 1. The van der Waals surface area contributed by atoms with E-state index in [0.717, 1.165) is 83.7 Å². The Kier molecular flexibility index (Phi) is 13.5. The maximum atomic E-state index is 11.3. The average Bonchev–Trinajstić information content (AvgIpc) is 3.12. The Bertz CT molecular complexity index is 602. The first-order chi connectivity index (χ1) is 16.3. The van der Waals surface area contributed by atoms with Gasteiger partial charge in [0.25, 0.3) is 0 Å². The zero-order chi connectivity index (χ0) is 25.0. The molecule has 1 aliphatic carbocycles. The van der Waals surface area contributed by atoms with Gasteiger partial charge in [-0.25, -0.2) is 0 Å². The highest BCUT2D eigenvalue weighted by Crippen LogP contribution is 2.43. The molecule has 2 fully saturated rings. The lowest BCUT2D eigenvalue weighted by molar-refractivity contribution is -0.192. The number of hydrogen-bond donors (Lipinski definition) is 1. The monoisotopic (exact) mass is 500 g/mol. The molecular weight excluding hydrogens is 452 g/mol. The minimum atomic E-state index is -0.487. The van der Waals surface area contributed by atoms with E-state index in [2.05, 4.69) is 26.8 Å². The molecule has 1 N–H and O–H groups in total. The van der Waals surface area contributed by atoms with Crippen molar-refractivity contribution in [3.8, 4) is 0 Å². The summed E-state index contributed by atoms with van der Waals surface area (Å²) >= 11 is 6.88. The molecule has 0 bridgehead atoms. The minimum absolute atomic E-state index is 0.0251. The van der Waals surface area contributed by atoms with Gasteiger partial charge in [0.1, 0.15) is 0 Å². The molecule has 34 heavy (non-hydrogen) atoms. The second-order valence-corrected chi connectivity index (χ2v) is 11.5. The highest BCUT2D eigenvalue weighted by atomic mass is 35.5. The number of ether oxygens (including phenoxy) is 3. The fraction of sp³-hybridized carbons (Fsp3) is 0.893. The van der Waals surface area contributed by atoms with Gasteiger partial charge >= 0.3 is 5.97 Å². The Morgan fingerprint density at radius 2 is 1.97 bits per heavy atom. The molecule has 0 spiro atoms. The molecular formula is C28H49ClO5. The largest absolute Gasteiger partial charge is 0.469 e. The van der Waals surface area contributed by atoms with Gasteiger partial charge in [-0.15, -0.1) is 11.6 Å². The number of esters is 1. The Hall–Kier alpha value is -0.620. The maximum Gasteiger partial charge on any atom is 0.305 e. The third kappa shape index (κ3) is 9.79. The second-order valence-electron chi connectivity index (χ2n) is 10.9. The van der Waals surface area contributed by atoms with Crippen LogP contribution in [-0.2, 0) is 19.0 Å². The Balaban J connectivity index is 1.98. The van der Waals surface area contributed by atoms with Gasteiger partial charge in [0.15, 0.2) is 6.29 Å². The highest BCUT2D eigenvalue weighted by Gasteiger charge is 2.42. The van der Waals surface area contributed by atoms with Gasteiger partial charge in [-0.2, -0.15) is 0 Å². The van der Waals surface area contributed by atoms with Crippen LogP contribution < -0.4 is 0 Å². The summed E-state index contributed by atoms with van der Waals surface area (Å²) in [4.78, 5) is 11.3. The van der Waals surface area contributed by atoms with Crippen LogP contribution in [0.15, 0.2) is 12.2 Å². The smallest absolute Gasteiger partial charge is 0.305 e. The first kappa shape index (κ1) is 29.6. The van der Waals surface area contributed by atoms with Gasteiger partial charge < -0.3 is 19.3 Å². The number of halogens is 1. The van der Waals surface area contributed by atoms with Crippen molar-refractivity contribution in [2.24, 2.45) is 17.3 Å². The third-order valence-corrected chi connectivity index (χ3v) is 8.20. The molecule has 1 saturated heterocycles. The lowest BCUT2D eigenvalue weighted by Gasteiger charge is -2.31. The summed E-state index contributed by atoms with van der Waals surface area (Å²) in [6, 6.07) is 0. The molecule has 1 unspecified atom stereocenters. The molecule has 0 radical (unpaired) electrons. The van der Waals surface area contributed by atoms with Crippen LogP contribution >= 0.6 is 11.6 Å². The fourth-order valence-electron chi connectivity index (χ4n) is 5.25. The van der Waals surface area contributed by atoms with Crippen LogP contribution in [0.5, 0.6) is 0 Å². The van der Waals surface area contributed by atoms with Crippen molar-refractivity contribution in [3.05, 3.63) is 12.2 Å². The van der Waals surface area contributed by atoms with Crippen molar-refractivity contribution < 1.29 is 24.1 Å². The molecule has 2 rings (SSSR count). The molecule has 5 nitrogen and oxygen atoms in total. The lowest BCUT2D eigenvalue weighted by atomic mass is 9.80. The molecule has 1 heterocycles. The van der Waals surface area contributed by atoms with E-state index < -0.39 is 6.10 Å². The molecule has 6 heteroatoms. The molecule has 198 valence electrons. The zero-order valence-electron chi connectivity index (χ0n) is 22.0. The predicted molar refractivity (Wildman–Crippen MR) is 138 cm³/mol. The predicted octanol–water partition coefficient (Wildman–Crippen LogP) is 6.79. The van der Waals surface area contributed by atoms with E-state index in [4.69, 9.17) is 25.8 Å². The topological polar surface area (TPSA) is 65.0 Å². The quantitative estimate of drug-likeness (QED) is 0.116. The Morgan fingerprint density at radius 1 is 1.21 bits per heavy atom. The number of rotatable bonds is 15. The highest BCUT2D eigenvalue weighted by molar-refractivity contribution is 6.21. The summed E-state index contributed by atoms with van der Waals surface area (Å²) in [6.45, 7) is 7.24. The van der Waals surface area contributed by atoms with E-state index in [-0.39, 0.29) is 35.1 Å². The molecule has 6 atom stereocenters. The van der Waals surface area contributed by atoms with Crippen molar-refractivity contribution in [1.29, 1.82) is 0 Å². The van der Waals surface area contributed by atoms with Gasteiger partial charge in [0.2, 0.25) is 0 Å². The molecule has 0 amide bonds. The van der Waals surface area contributed by atoms with Crippen LogP contribution in [0.2, 0.25) is 0 Å². The van der Waals surface area contributed by atoms with E-state index in [1.54, 1.807) is 0 Å². The normalized spacial score (nSPS) is 28.9. The second kappa shape index (κ2) is 15.5. The fourth-order valence-corrected chi connectivity index (χ4v) is 5.72. The number of aliphatic hydroxyl groups is 1. The molecule has 0 aromatic heterocycles. The van der Waals surface area contributed by atoms with Gasteiger partial charge in [-0.1, -0.05) is 65.0 Å². The van der Waals surface area contributed by atoms with Gasteiger partial charge in [0.05, 0.1) is 19.3 Å². The first-order valence-electron chi connectivity index (χ1n) is 13.6. The van der Waals surface area contributed by atoms with E-state index >= 15 is 0 Å². The number of aliphatic hydroxyl groups excluding tert-OH is 1. The van der Waals surface area contributed by atoms with E-state index in [1.807, 2.05) is 6.08 Å². The summed E-state index contributed by atoms with van der Waals surface area (Å²) in [6.07, 6.45) is 16.4. The molecule has 0 aromatic rings. The van der Waals surface area contributed by atoms with Crippen LogP contribution in [0, 0.1) is 17.3 Å². The molecule has 1 aliphatic heterocycles. The van der Waals surface area contributed by atoms with Crippen molar-refractivity contribution in [2.75, 3.05) is 13.7 Å². The Labute approximate surface area is 212 Å². The zero-order valence-corrected chi connectivity index (χ0v) is 22.7. The number of alkyl halides is 1. The van der Waals surface area contributed by atoms with Crippen molar-refractivity contribution >= 4 is 17.6 Å². The Morgan fingerprint density at radius 3 is 2.65 bits per heavy atom. The maximum absolute atomic E-state index is 11.3. The molecule has 2 aliphatic rings. The van der Waals surface area contributed by atoms with E-state index in [0.29, 0.717) is 12.3 Å². The van der Waals surface area contributed by atoms with Gasteiger partial charge in [-0.3, -0.25) is 4.79 Å². The summed E-state index contributed by atoms with van der Waals surface area (Å²) in [5.74, 6) is 0.366. The van der Waals surface area contributed by atoms with Crippen LogP contribution in [0.3, 0.4) is 0 Å². The number of carbonyl (C=O) groups excluding carboxylic acids is 1. The standard InChI is InChI=1S/C28H49ClO5/c1-5-6-18-28(2,3)25(30)17-16-22-21(13-9-7-8-10-14-26(31)32-4)23(29)20-24(22)34-27-15-11-12-19-33-27/h16-17,21-25,27,30H,5-15,18-20H2,1-4H3/b17-16+/t21-,22-,23-,24-,25-,27?/m1/s1. The third-order valence-electron chi connectivity index (χ3n) is 7.70. The van der Waals surface area contributed by atoms with E-state index in [9.17, 15) is 9.90 Å². The summed E-state index contributed by atoms with van der Waals surface area (Å²) in [7, 11) is 1.44. The number of hydrogen-bond acceptors (Lipinski definition) is 5. The number of unbranched alkanes of at least 4 members (excludes halogenated alkanes) is 4. The van der Waals surface area contributed by atoms with Crippen LogP contribution in [-0.4, -0.2) is 48.7 Å². The van der Waals surface area contributed by atoms with E-state index in [1.165, 1.54) is 7.11 Å². The van der Waals surface area contributed by atoms with Crippen LogP contribution in [0.4, 0.5) is 0 Å². The van der Waals surface area contributed by atoms with Crippen LogP contribution in [0.1, 0.15) is 104 Å². The first-order valence-corrected chi connectivity index (χ1v) is 14.1. The van der Waals surface area contributed by atoms with Crippen LogP contribution in [0.25, 0.3) is 0 Å². The van der Waals surface area contributed by atoms with Crippen molar-refractivity contribution in [1.82, 2.24) is 0 Å². The summed E-state index contributed by atoms with van der Waals surface area (Å²) < 4.78 is 17.0. The lowest BCUT2D eigenvalue weighted by Crippen LogP contribution is -2.31. The summed E-state index contributed by atoms with van der Waals surface area (Å²) in [5.41, 5.74) is -0.149. The summed E-state index contributed by atoms with van der Waals surface area (Å²) in [5, 5.41) is 11.0. The van der Waals surface area contributed by atoms with Crippen molar-refractivity contribution in [3.63, 3.8) is 0 Å². The number of carbonyl (C=O) groups is 1. The average molecular weight is 501 g/mol. The van der Waals surface area contributed by atoms with Gasteiger partial charge in [0, 0.05) is 24.3 Å². The minimum Gasteiger partial charge on any atom is -0.469 e. The molecule has 1 saturated carbocycles. The van der Waals surface area contributed by atoms with Crippen molar-refractivity contribution in [2.45, 2.75) is 128 Å². The molecule has 0 aromatic carbocycles. The van der Waals surface area contributed by atoms with Gasteiger partial charge in [-0.05, 0) is 56.3 Å².